The average molecular weight is 620 g/mol. The maximum absolute atomic E-state index is 14.3. The van der Waals surface area contributed by atoms with E-state index in [0.717, 1.165) is 15.4 Å². The molecule has 0 heterocycles. The Bertz CT molecular complexity index is 1600. The van der Waals surface area contributed by atoms with Gasteiger partial charge in [-0.05, 0) is 66.6 Å². The number of benzene rings is 4. The van der Waals surface area contributed by atoms with Crippen LogP contribution in [0.3, 0.4) is 0 Å². The molecule has 2 amide bonds. The lowest BCUT2D eigenvalue weighted by atomic mass is 10.0. The molecule has 10 heteroatoms. The van der Waals surface area contributed by atoms with Crippen LogP contribution in [0.25, 0.3) is 0 Å². The molecule has 1 N–H and O–H groups in total. The van der Waals surface area contributed by atoms with Crippen molar-refractivity contribution < 1.29 is 22.7 Å². The van der Waals surface area contributed by atoms with Crippen LogP contribution in [-0.2, 0) is 32.6 Å². The number of anilines is 1. The summed E-state index contributed by atoms with van der Waals surface area (Å²) >= 11 is 6.11. The summed E-state index contributed by atoms with van der Waals surface area (Å²) in [6.07, 6.45) is 0.247. The van der Waals surface area contributed by atoms with E-state index in [2.05, 4.69) is 5.32 Å². The second-order valence-electron chi connectivity index (χ2n) is 9.77. The molecule has 0 radical (unpaired) electrons. The van der Waals surface area contributed by atoms with Crippen molar-refractivity contribution in [2.75, 3.05) is 24.5 Å². The lowest BCUT2D eigenvalue weighted by Gasteiger charge is -2.33. The van der Waals surface area contributed by atoms with E-state index in [9.17, 15) is 18.0 Å². The van der Waals surface area contributed by atoms with Crippen LogP contribution >= 0.6 is 11.6 Å². The molecule has 0 fully saturated rings. The number of halogens is 1. The van der Waals surface area contributed by atoms with Crippen LogP contribution in [0.15, 0.2) is 114 Å². The van der Waals surface area contributed by atoms with E-state index in [4.69, 9.17) is 16.3 Å². The lowest BCUT2D eigenvalue weighted by molar-refractivity contribution is -0.140. The van der Waals surface area contributed by atoms with Crippen molar-refractivity contribution in [3.8, 4) is 5.75 Å². The van der Waals surface area contributed by atoms with Crippen molar-refractivity contribution in [3.05, 3.63) is 125 Å². The van der Waals surface area contributed by atoms with Crippen molar-refractivity contribution in [1.82, 2.24) is 10.2 Å². The Kier molecular flexibility index (Phi) is 10.8. The second-order valence-corrected chi connectivity index (χ2v) is 12.1. The molecule has 4 aromatic rings. The lowest BCUT2D eigenvalue weighted by Crippen LogP contribution is -2.53. The van der Waals surface area contributed by atoms with E-state index in [1.54, 1.807) is 36.4 Å². The van der Waals surface area contributed by atoms with Gasteiger partial charge in [-0.1, -0.05) is 72.3 Å². The quantitative estimate of drug-likeness (QED) is 0.219. The summed E-state index contributed by atoms with van der Waals surface area (Å²) in [5.74, 6) is -0.373. The Morgan fingerprint density at radius 1 is 0.837 bits per heavy atom. The number of methoxy groups -OCH3 is 1. The number of rotatable bonds is 13. The number of hydrogen-bond acceptors (Lipinski definition) is 5. The average Bonchev–Trinajstić information content (AvgIpc) is 3.03. The van der Waals surface area contributed by atoms with Gasteiger partial charge in [-0.2, -0.15) is 0 Å². The first-order valence-electron chi connectivity index (χ1n) is 13.8. The number of carbonyl (C=O) groups excluding carboxylic acids is 2. The molecule has 0 aliphatic carbocycles. The molecule has 1 atom stereocenters. The first-order valence-corrected chi connectivity index (χ1v) is 15.6. The van der Waals surface area contributed by atoms with Gasteiger partial charge in [-0.25, -0.2) is 8.42 Å². The van der Waals surface area contributed by atoms with Crippen LogP contribution in [0, 0.1) is 0 Å². The molecule has 0 saturated heterocycles. The summed E-state index contributed by atoms with van der Waals surface area (Å²) in [7, 11) is -2.73. The zero-order valence-electron chi connectivity index (χ0n) is 24.0. The summed E-state index contributed by atoms with van der Waals surface area (Å²) in [5.41, 5.74) is 1.92. The number of amides is 2. The Morgan fingerprint density at radius 3 is 1.98 bits per heavy atom. The number of hydrogen-bond donors (Lipinski definition) is 1. The number of carbonyl (C=O) groups is 2. The van der Waals surface area contributed by atoms with Gasteiger partial charge in [0.1, 0.15) is 18.3 Å². The van der Waals surface area contributed by atoms with E-state index in [1.165, 1.54) is 24.1 Å². The topological polar surface area (TPSA) is 96.0 Å². The fourth-order valence-electron chi connectivity index (χ4n) is 4.64. The van der Waals surface area contributed by atoms with Crippen molar-refractivity contribution in [1.29, 1.82) is 0 Å². The van der Waals surface area contributed by atoms with Crippen molar-refractivity contribution in [2.24, 2.45) is 0 Å². The molecule has 0 aliphatic rings. The van der Waals surface area contributed by atoms with Gasteiger partial charge >= 0.3 is 0 Å². The number of nitrogens with zero attached hydrogens (tertiary/aromatic N) is 2. The standard InChI is InChI=1S/C33H34ClN3O5S/c1-3-35-33(39)31(22-25-10-6-4-7-11-25)36(23-26-12-8-5-9-13-26)32(38)24-37(28-16-14-27(34)15-17-28)43(40,41)30-20-18-29(42-2)19-21-30/h4-21,31H,3,22-24H2,1-2H3,(H,35,39)/t31-/m1/s1. The smallest absolute Gasteiger partial charge is 0.264 e. The molecule has 0 aliphatic heterocycles. The van der Waals surface area contributed by atoms with E-state index >= 15 is 0 Å². The zero-order valence-corrected chi connectivity index (χ0v) is 25.6. The van der Waals surface area contributed by atoms with Crippen LogP contribution in [0.2, 0.25) is 5.02 Å². The van der Waals surface area contributed by atoms with Crippen LogP contribution in [0.5, 0.6) is 5.75 Å². The van der Waals surface area contributed by atoms with Gasteiger partial charge in [0, 0.05) is 24.5 Å². The summed E-state index contributed by atoms with van der Waals surface area (Å²) in [6, 6.07) is 30.0. The van der Waals surface area contributed by atoms with Crippen molar-refractivity contribution in [2.45, 2.75) is 30.8 Å². The van der Waals surface area contributed by atoms with Crippen molar-refractivity contribution in [3.63, 3.8) is 0 Å². The summed E-state index contributed by atoms with van der Waals surface area (Å²) < 4.78 is 34.3. The number of sulfonamides is 1. The highest BCUT2D eigenvalue weighted by Crippen LogP contribution is 2.27. The van der Waals surface area contributed by atoms with Gasteiger partial charge in [0.05, 0.1) is 17.7 Å². The molecular formula is C33H34ClN3O5S. The van der Waals surface area contributed by atoms with Crippen LogP contribution in [-0.4, -0.2) is 51.4 Å². The maximum Gasteiger partial charge on any atom is 0.264 e. The van der Waals surface area contributed by atoms with Crippen molar-refractivity contribution >= 4 is 39.1 Å². The van der Waals surface area contributed by atoms with E-state index in [1.807, 2.05) is 67.6 Å². The van der Waals surface area contributed by atoms with E-state index < -0.39 is 28.5 Å². The summed E-state index contributed by atoms with van der Waals surface area (Å²) in [6.45, 7) is 1.74. The summed E-state index contributed by atoms with van der Waals surface area (Å²) in [4.78, 5) is 29.2. The Hall–Kier alpha value is -4.34. The minimum absolute atomic E-state index is 0.0183. The SMILES string of the molecule is CCNC(=O)[C@@H](Cc1ccccc1)N(Cc1ccccc1)C(=O)CN(c1ccc(Cl)cc1)S(=O)(=O)c1ccc(OC)cc1. The molecule has 0 bridgehead atoms. The normalized spacial score (nSPS) is 11.8. The minimum Gasteiger partial charge on any atom is -0.497 e. The van der Waals surface area contributed by atoms with Gasteiger partial charge in [0.15, 0.2) is 0 Å². The van der Waals surface area contributed by atoms with Gasteiger partial charge in [0.25, 0.3) is 10.0 Å². The molecule has 4 rings (SSSR count). The first-order chi connectivity index (χ1) is 20.7. The van der Waals surface area contributed by atoms with Gasteiger partial charge in [0.2, 0.25) is 11.8 Å². The fraction of sp³-hybridized carbons (Fsp3) is 0.212. The Balaban J connectivity index is 1.77. The number of likely N-dealkylation sites (N-methyl/N-ethyl adjacent to an activating group) is 1. The molecular weight excluding hydrogens is 586 g/mol. The minimum atomic E-state index is -4.22. The molecule has 0 unspecified atom stereocenters. The third kappa shape index (κ3) is 8.15. The highest BCUT2D eigenvalue weighted by Gasteiger charge is 2.34. The zero-order chi connectivity index (χ0) is 30.8. The Labute approximate surface area is 257 Å². The van der Waals surface area contributed by atoms with Crippen LogP contribution in [0.4, 0.5) is 5.69 Å². The predicted molar refractivity (Wildman–Crippen MR) is 169 cm³/mol. The summed E-state index contributed by atoms with van der Waals surface area (Å²) in [5, 5.41) is 3.27. The fourth-order valence-corrected chi connectivity index (χ4v) is 6.18. The van der Waals surface area contributed by atoms with E-state index in [-0.39, 0.29) is 29.5 Å². The highest BCUT2D eigenvalue weighted by atomic mass is 35.5. The second kappa shape index (κ2) is 14.7. The monoisotopic (exact) mass is 619 g/mol. The van der Waals surface area contributed by atoms with E-state index in [0.29, 0.717) is 17.3 Å². The van der Waals surface area contributed by atoms with Gasteiger partial charge in [-0.3, -0.25) is 13.9 Å². The maximum atomic E-state index is 14.3. The molecule has 0 spiro atoms. The van der Waals surface area contributed by atoms with Gasteiger partial charge < -0.3 is 15.0 Å². The van der Waals surface area contributed by atoms with Crippen LogP contribution in [0.1, 0.15) is 18.1 Å². The molecule has 224 valence electrons. The Morgan fingerprint density at radius 2 is 1.42 bits per heavy atom. The highest BCUT2D eigenvalue weighted by molar-refractivity contribution is 7.92. The molecule has 43 heavy (non-hydrogen) atoms. The predicted octanol–water partition coefficient (Wildman–Crippen LogP) is 5.32. The van der Waals surface area contributed by atoms with Crippen LogP contribution < -0.4 is 14.4 Å². The van der Waals surface area contributed by atoms with Gasteiger partial charge in [-0.15, -0.1) is 0 Å². The molecule has 0 aromatic heterocycles. The number of ether oxygens (including phenoxy) is 1. The number of nitrogens with one attached hydrogen (secondary N) is 1. The first kappa shape index (κ1) is 31.6. The molecule has 4 aromatic carbocycles. The molecule has 8 nitrogen and oxygen atoms in total. The molecule has 0 saturated carbocycles. The third-order valence-corrected chi connectivity index (χ3v) is 8.90. The third-order valence-electron chi connectivity index (χ3n) is 6.86. The largest absolute Gasteiger partial charge is 0.497 e.